The number of carbonyl (C=O) groups is 1. The van der Waals surface area contributed by atoms with Gasteiger partial charge in [-0.05, 0) is 49.2 Å². The topological polar surface area (TPSA) is 84.9 Å². The Bertz CT molecular complexity index is 1020. The first-order valence-corrected chi connectivity index (χ1v) is 11.7. The number of halogens is 1. The van der Waals surface area contributed by atoms with Crippen molar-refractivity contribution in [3.8, 4) is 5.75 Å². The lowest BCUT2D eigenvalue weighted by atomic mass is 10.0. The van der Waals surface area contributed by atoms with Crippen LogP contribution in [0.1, 0.15) is 19.4 Å². The van der Waals surface area contributed by atoms with E-state index in [9.17, 15) is 17.6 Å². The molecule has 2 aromatic carbocycles. The Labute approximate surface area is 182 Å². The minimum atomic E-state index is -3.81. The molecule has 1 saturated heterocycles. The molecule has 2 aromatic rings. The van der Waals surface area contributed by atoms with Gasteiger partial charge in [-0.25, -0.2) is 12.8 Å². The molecule has 1 aliphatic heterocycles. The Balaban J connectivity index is 1.80. The number of morpholine rings is 1. The number of carbonyl (C=O) groups excluding carboxylic acids is 1. The van der Waals surface area contributed by atoms with Gasteiger partial charge in [-0.15, -0.1) is 0 Å². The first-order valence-electron chi connectivity index (χ1n) is 10.2. The number of amides is 1. The van der Waals surface area contributed by atoms with Crippen LogP contribution >= 0.6 is 0 Å². The highest BCUT2D eigenvalue weighted by Gasteiger charge is 2.30. The molecule has 0 bridgehead atoms. The van der Waals surface area contributed by atoms with Crippen molar-refractivity contribution in [3.63, 3.8) is 0 Å². The SMILES string of the molecule is CCOc1ccc(NC(=O)C(C)Cc2cccc(F)c2)cc1S(=O)(=O)N1CCOCC1. The van der Waals surface area contributed by atoms with Crippen LogP contribution in [0.3, 0.4) is 0 Å². The molecule has 0 aliphatic carbocycles. The fourth-order valence-corrected chi connectivity index (χ4v) is 4.93. The summed E-state index contributed by atoms with van der Waals surface area (Å²) in [6, 6.07) is 10.7. The number of anilines is 1. The molecule has 0 radical (unpaired) electrons. The summed E-state index contributed by atoms with van der Waals surface area (Å²) in [4.78, 5) is 12.7. The Morgan fingerprint density at radius 2 is 1.97 bits per heavy atom. The molecule has 168 valence electrons. The first-order chi connectivity index (χ1) is 14.8. The van der Waals surface area contributed by atoms with Crippen molar-refractivity contribution in [2.75, 3.05) is 38.2 Å². The molecule has 0 aromatic heterocycles. The Kier molecular flexibility index (Phi) is 7.64. The lowest BCUT2D eigenvalue weighted by Gasteiger charge is -2.27. The predicted octanol–water partition coefficient (Wildman–Crippen LogP) is 3.06. The summed E-state index contributed by atoms with van der Waals surface area (Å²) < 4.78 is 51.9. The van der Waals surface area contributed by atoms with Crippen molar-refractivity contribution in [2.45, 2.75) is 25.2 Å². The number of sulfonamides is 1. The third-order valence-corrected chi connectivity index (χ3v) is 6.90. The second-order valence-corrected chi connectivity index (χ2v) is 9.24. The summed E-state index contributed by atoms with van der Waals surface area (Å²) in [5.41, 5.74) is 1.07. The number of rotatable bonds is 8. The van der Waals surface area contributed by atoms with Crippen LogP contribution in [0.25, 0.3) is 0 Å². The summed E-state index contributed by atoms with van der Waals surface area (Å²) in [5.74, 6) is -0.842. The smallest absolute Gasteiger partial charge is 0.246 e. The van der Waals surface area contributed by atoms with Crippen molar-refractivity contribution in [1.29, 1.82) is 0 Å². The van der Waals surface area contributed by atoms with Gasteiger partial charge < -0.3 is 14.8 Å². The Morgan fingerprint density at radius 1 is 1.23 bits per heavy atom. The maximum atomic E-state index is 13.4. The van der Waals surface area contributed by atoms with Gasteiger partial charge in [-0.3, -0.25) is 4.79 Å². The van der Waals surface area contributed by atoms with Crippen molar-refractivity contribution in [1.82, 2.24) is 4.31 Å². The minimum absolute atomic E-state index is 0.00633. The van der Waals surface area contributed by atoms with Crippen LogP contribution in [0.2, 0.25) is 0 Å². The maximum absolute atomic E-state index is 13.4. The molecule has 1 aliphatic rings. The molecule has 3 rings (SSSR count). The van der Waals surface area contributed by atoms with E-state index in [1.807, 2.05) is 0 Å². The standard InChI is InChI=1S/C22H27FN2O5S/c1-3-30-20-8-7-19(15-21(20)31(27,28)25-9-11-29-12-10-25)24-22(26)16(2)13-17-5-4-6-18(23)14-17/h4-8,14-16H,3,9-13H2,1-2H3,(H,24,26). The van der Waals surface area contributed by atoms with Crippen molar-refractivity contribution in [3.05, 3.63) is 53.8 Å². The molecule has 1 amide bonds. The van der Waals surface area contributed by atoms with Crippen LogP contribution in [0, 0.1) is 11.7 Å². The van der Waals surface area contributed by atoms with Gasteiger partial charge in [0, 0.05) is 24.7 Å². The van der Waals surface area contributed by atoms with Gasteiger partial charge in [0.15, 0.2) is 0 Å². The molecule has 1 unspecified atom stereocenters. The number of hydrogen-bond donors (Lipinski definition) is 1. The molecular formula is C22H27FN2O5S. The van der Waals surface area contributed by atoms with E-state index in [0.717, 1.165) is 0 Å². The van der Waals surface area contributed by atoms with Crippen molar-refractivity contribution >= 4 is 21.6 Å². The second kappa shape index (κ2) is 10.2. The summed E-state index contributed by atoms with van der Waals surface area (Å²) in [6.07, 6.45) is 0.361. The lowest BCUT2D eigenvalue weighted by Crippen LogP contribution is -2.40. The molecular weight excluding hydrogens is 423 g/mol. The van der Waals surface area contributed by atoms with E-state index in [-0.39, 0.29) is 35.5 Å². The third kappa shape index (κ3) is 5.81. The van der Waals surface area contributed by atoms with E-state index in [0.29, 0.717) is 37.5 Å². The average Bonchev–Trinajstić information content (AvgIpc) is 2.75. The van der Waals surface area contributed by atoms with E-state index >= 15 is 0 Å². The van der Waals surface area contributed by atoms with Gasteiger partial charge in [-0.1, -0.05) is 19.1 Å². The average molecular weight is 451 g/mol. The summed E-state index contributed by atoms with van der Waals surface area (Å²) in [5, 5.41) is 2.77. The molecule has 1 fully saturated rings. The Hall–Kier alpha value is -2.49. The molecule has 1 atom stereocenters. The number of nitrogens with zero attached hydrogens (tertiary/aromatic N) is 1. The van der Waals surface area contributed by atoms with E-state index in [4.69, 9.17) is 9.47 Å². The number of benzene rings is 2. The fourth-order valence-electron chi connectivity index (χ4n) is 3.36. The fraction of sp³-hybridized carbons (Fsp3) is 0.409. The van der Waals surface area contributed by atoms with Gasteiger partial charge in [0.05, 0.1) is 19.8 Å². The maximum Gasteiger partial charge on any atom is 0.246 e. The number of hydrogen-bond acceptors (Lipinski definition) is 5. The highest BCUT2D eigenvalue weighted by atomic mass is 32.2. The molecule has 0 spiro atoms. The predicted molar refractivity (Wildman–Crippen MR) is 115 cm³/mol. The quantitative estimate of drug-likeness (QED) is 0.668. The third-order valence-electron chi connectivity index (χ3n) is 4.98. The van der Waals surface area contributed by atoms with Crippen LogP contribution in [0.5, 0.6) is 5.75 Å². The van der Waals surface area contributed by atoms with Gasteiger partial charge in [0.2, 0.25) is 15.9 Å². The monoisotopic (exact) mass is 450 g/mol. The van der Waals surface area contributed by atoms with Crippen LogP contribution in [0.15, 0.2) is 47.4 Å². The van der Waals surface area contributed by atoms with Gasteiger partial charge in [0.25, 0.3) is 0 Å². The molecule has 31 heavy (non-hydrogen) atoms. The van der Waals surface area contributed by atoms with Gasteiger partial charge >= 0.3 is 0 Å². The molecule has 0 saturated carbocycles. The van der Waals surface area contributed by atoms with Crippen LogP contribution in [-0.4, -0.2) is 51.5 Å². The molecule has 1 heterocycles. The van der Waals surface area contributed by atoms with Gasteiger partial charge in [-0.2, -0.15) is 4.31 Å². The number of nitrogens with one attached hydrogen (secondary N) is 1. The van der Waals surface area contributed by atoms with Crippen molar-refractivity contribution < 1.29 is 27.1 Å². The zero-order chi connectivity index (χ0) is 22.4. The summed E-state index contributed by atoms with van der Waals surface area (Å²) in [6.45, 7) is 5.00. The van der Waals surface area contributed by atoms with E-state index in [2.05, 4.69) is 5.32 Å². The van der Waals surface area contributed by atoms with Crippen LogP contribution < -0.4 is 10.1 Å². The van der Waals surface area contributed by atoms with E-state index < -0.39 is 15.9 Å². The first kappa shape index (κ1) is 23.2. The summed E-state index contributed by atoms with van der Waals surface area (Å²) >= 11 is 0. The van der Waals surface area contributed by atoms with Gasteiger partial charge in [0.1, 0.15) is 16.5 Å². The zero-order valence-electron chi connectivity index (χ0n) is 17.6. The number of ether oxygens (including phenoxy) is 2. The van der Waals surface area contributed by atoms with Crippen molar-refractivity contribution in [2.24, 2.45) is 5.92 Å². The summed E-state index contributed by atoms with van der Waals surface area (Å²) in [7, 11) is -3.81. The molecule has 9 heteroatoms. The highest BCUT2D eigenvalue weighted by Crippen LogP contribution is 2.30. The van der Waals surface area contributed by atoms with E-state index in [1.165, 1.54) is 22.5 Å². The molecule has 7 nitrogen and oxygen atoms in total. The van der Waals surface area contributed by atoms with E-state index in [1.54, 1.807) is 38.1 Å². The van der Waals surface area contributed by atoms with Crippen LogP contribution in [0.4, 0.5) is 10.1 Å². The molecule has 1 N–H and O–H groups in total. The second-order valence-electron chi connectivity index (χ2n) is 7.34. The largest absolute Gasteiger partial charge is 0.492 e. The highest BCUT2D eigenvalue weighted by molar-refractivity contribution is 7.89. The minimum Gasteiger partial charge on any atom is -0.492 e. The zero-order valence-corrected chi connectivity index (χ0v) is 18.5. The Morgan fingerprint density at radius 3 is 2.65 bits per heavy atom. The van der Waals surface area contributed by atoms with Crippen LogP contribution in [-0.2, 0) is 26.0 Å². The lowest BCUT2D eigenvalue weighted by molar-refractivity contribution is -0.119. The normalized spacial score (nSPS) is 16.0.